The molecule has 1 saturated carbocycles. The van der Waals surface area contributed by atoms with Crippen LogP contribution in [0, 0.1) is 0 Å². The molecule has 2 heterocycles. The summed E-state index contributed by atoms with van der Waals surface area (Å²) in [6.45, 7) is -1.03. The maximum Gasteiger partial charge on any atom is 0.408 e. The van der Waals surface area contributed by atoms with Crippen molar-refractivity contribution >= 4 is 23.1 Å². The van der Waals surface area contributed by atoms with E-state index in [1.165, 1.54) is 25.1 Å². The van der Waals surface area contributed by atoms with Gasteiger partial charge in [-0.15, -0.1) is 0 Å². The third kappa shape index (κ3) is 5.86. The number of nitrogens with zero attached hydrogens (tertiary/aromatic N) is 4. The fraction of sp³-hybridized carbons (Fsp3) is 0.375. The summed E-state index contributed by atoms with van der Waals surface area (Å²) in [6.07, 6.45) is 3.16. The van der Waals surface area contributed by atoms with Gasteiger partial charge in [-0.25, -0.2) is 4.98 Å². The van der Waals surface area contributed by atoms with Crippen LogP contribution in [0.5, 0.6) is 0 Å². The summed E-state index contributed by atoms with van der Waals surface area (Å²) in [4.78, 5) is 19.6. The van der Waals surface area contributed by atoms with Crippen LogP contribution in [-0.4, -0.2) is 39.9 Å². The van der Waals surface area contributed by atoms with Crippen molar-refractivity contribution in [1.29, 1.82) is 0 Å². The van der Waals surface area contributed by atoms with Gasteiger partial charge in [0, 0.05) is 25.5 Å². The smallest absolute Gasteiger partial charge is 0.370 e. The number of halogens is 3. The van der Waals surface area contributed by atoms with E-state index >= 15 is 0 Å². The second kappa shape index (κ2) is 10.1. The van der Waals surface area contributed by atoms with E-state index in [2.05, 4.69) is 32.7 Å². The van der Waals surface area contributed by atoms with E-state index in [9.17, 15) is 18.0 Å². The SMILES string of the molecule is CN(c1ccccc1NC(=O)c1cccnc1NCc1ccn(CC(F)(F)F)n1)C1CCCC1. The number of carbonyl (C=O) groups is 1. The van der Waals surface area contributed by atoms with E-state index in [4.69, 9.17) is 0 Å². The van der Waals surface area contributed by atoms with E-state index < -0.39 is 12.7 Å². The molecule has 1 aliphatic carbocycles. The van der Waals surface area contributed by atoms with Gasteiger partial charge >= 0.3 is 6.18 Å². The van der Waals surface area contributed by atoms with Gasteiger partial charge in [0.1, 0.15) is 12.4 Å². The molecule has 1 amide bonds. The van der Waals surface area contributed by atoms with E-state index in [0.29, 0.717) is 28.8 Å². The monoisotopic (exact) mass is 472 g/mol. The van der Waals surface area contributed by atoms with Crippen molar-refractivity contribution in [2.75, 3.05) is 22.6 Å². The van der Waals surface area contributed by atoms with Gasteiger partial charge in [0.05, 0.1) is 29.2 Å². The number of anilines is 3. The van der Waals surface area contributed by atoms with Gasteiger partial charge in [0.25, 0.3) is 5.91 Å². The highest BCUT2D eigenvalue weighted by Crippen LogP contribution is 2.32. The minimum atomic E-state index is -4.34. The van der Waals surface area contributed by atoms with Crippen LogP contribution < -0.4 is 15.5 Å². The van der Waals surface area contributed by atoms with Gasteiger partial charge in [-0.1, -0.05) is 25.0 Å². The van der Waals surface area contributed by atoms with Gasteiger partial charge < -0.3 is 15.5 Å². The normalized spacial score (nSPS) is 14.2. The number of carbonyl (C=O) groups excluding carboxylic acids is 1. The second-order valence-corrected chi connectivity index (χ2v) is 8.39. The molecule has 0 radical (unpaired) electrons. The lowest BCUT2D eigenvalue weighted by molar-refractivity contribution is -0.142. The van der Waals surface area contributed by atoms with Gasteiger partial charge in [0.2, 0.25) is 0 Å². The van der Waals surface area contributed by atoms with Crippen molar-refractivity contribution < 1.29 is 18.0 Å². The van der Waals surface area contributed by atoms with Gasteiger partial charge in [0.15, 0.2) is 0 Å². The van der Waals surface area contributed by atoms with E-state index in [1.54, 1.807) is 18.3 Å². The van der Waals surface area contributed by atoms with Crippen molar-refractivity contribution in [3.8, 4) is 0 Å². The van der Waals surface area contributed by atoms with Crippen LogP contribution in [0.1, 0.15) is 41.7 Å². The maximum absolute atomic E-state index is 13.1. The summed E-state index contributed by atoms with van der Waals surface area (Å²) in [5.41, 5.74) is 2.40. The lowest BCUT2D eigenvalue weighted by Gasteiger charge is -2.28. The number of hydrogen-bond donors (Lipinski definition) is 2. The van der Waals surface area contributed by atoms with Gasteiger partial charge in [-0.2, -0.15) is 18.3 Å². The van der Waals surface area contributed by atoms with E-state index in [-0.39, 0.29) is 12.5 Å². The third-order valence-electron chi connectivity index (χ3n) is 5.93. The van der Waals surface area contributed by atoms with E-state index in [0.717, 1.165) is 23.2 Å². The first kappa shape index (κ1) is 23.6. The Morgan fingerprint density at radius 1 is 1.15 bits per heavy atom. The lowest BCUT2D eigenvalue weighted by atomic mass is 10.1. The molecule has 0 unspecified atom stereocenters. The number of aromatic nitrogens is 3. The second-order valence-electron chi connectivity index (χ2n) is 8.39. The zero-order valence-corrected chi connectivity index (χ0v) is 18.8. The van der Waals surface area contributed by atoms with Gasteiger partial charge in [-0.05, 0) is 43.2 Å². The van der Waals surface area contributed by atoms with Gasteiger partial charge in [-0.3, -0.25) is 9.48 Å². The van der Waals surface area contributed by atoms with Crippen molar-refractivity contribution in [2.45, 2.75) is 51.0 Å². The standard InChI is InChI=1S/C24H27F3N6O/c1-32(18-7-2-3-8-18)21-11-5-4-10-20(21)30-23(34)19-9-6-13-28-22(19)29-15-17-12-14-33(31-17)16-24(25,26)27/h4-6,9-14,18H,2-3,7-8,15-16H2,1H3,(H,28,29)(H,30,34). The molecular weight excluding hydrogens is 445 g/mol. The fourth-order valence-corrected chi connectivity index (χ4v) is 4.24. The Hall–Kier alpha value is -3.56. The molecule has 7 nitrogen and oxygen atoms in total. The van der Waals surface area contributed by atoms with Crippen molar-refractivity contribution in [2.24, 2.45) is 0 Å². The molecule has 0 spiro atoms. The predicted molar refractivity (Wildman–Crippen MR) is 125 cm³/mol. The summed E-state index contributed by atoms with van der Waals surface area (Å²) in [5.74, 6) is -0.00234. The quantitative estimate of drug-likeness (QED) is 0.478. The Balaban J connectivity index is 1.45. The summed E-state index contributed by atoms with van der Waals surface area (Å²) < 4.78 is 38.5. The topological polar surface area (TPSA) is 75.1 Å². The zero-order chi connectivity index (χ0) is 24.1. The highest BCUT2D eigenvalue weighted by atomic mass is 19.4. The molecular formula is C24H27F3N6O. The highest BCUT2D eigenvalue weighted by molar-refractivity contribution is 6.08. The highest BCUT2D eigenvalue weighted by Gasteiger charge is 2.28. The Labute approximate surface area is 196 Å². The number of benzene rings is 1. The first-order chi connectivity index (χ1) is 16.3. The number of amides is 1. The van der Waals surface area contributed by atoms with Crippen molar-refractivity contribution in [3.05, 3.63) is 66.1 Å². The van der Waals surface area contributed by atoms with Crippen molar-refractivity contribution in [3.63, 3.8) is 0 Å². The molecule has 4 rings (SSSR count). The molecule has 1 fully saturated rings. The third-order valence-corrected chi connectivity index (χ3v) is 5.93. The minimum absolute atomic E-state index is 0.128. The average Bonchev–Trinajstić information content (AvgIpc) is 3.49. The Morgan fingerprint density at radius 3 is 2.68 bits per heavy atom. The molecule has 2 aromatic heterocycles. The summed E-state index contributed by atoms with van der Waals surface area (Å²) in [6, 6.07) is 12.9. The Morgan fingerprint density at radius 2 is 1.91 bits per heavy atom. The molecule has 2 N–H and O–H groups in total. The maximum atomic E-state index is 13.1. The number of nitrogens with one attached hydrogen (secondary N) is 2. The fourth-order valence-electron chi connectivity index (χ4n) is 4.24. The Kier molecular flexibility index (Phi) is 7.04. The number of para-hydroxylation sites is 2. The molecule has 0 aliphatic heterocycles. The average molecular weight is 473 g/mol. The van der Waals surface area contributed by atoms with Crippen LogP contribution in [-0.2, 0) is 13.1 Å². The molecule has 1 aliphatic rings. The van der Waals surface area contributed by atoms with Crippen LogP contribution in [0.4, 0.5) is 30.4 Å². The van der Waals surface area contributed by atoms with E-state index in [1.807, 2.05) is 24.3 Å². The molecule has 0 bridgehead atoms. The van der Waals surface area contributed by atoms with Crippen LogP contribution in [0.25, 0.3) is 0 Å². The van der Waals surface area contributed by atoms with Crippen molar-refractivity contribution in [1.82, 2.24) is 14.8 Å². The molecule has 10 heteroatoms. The first-order valence-corrected chi connectivity index (χ1v) is 11.2. The minimum Gasteiger partial charge on any atom is -0.370 e. The Bertz CT molecular complexity index is 1120. The van der Waals surface area contributed by atoms with Crippen LogP contribution in [0.2, 0.25) is 0 Å². The number of alkyl halides is 3. The summed E-state index contributed by atoms with van der Waals surface area (Å²) >= 11 is 0. The summed E-state index contributed by atoms with van der Waals surface area (Å²) in [5, 5.41) is 9.93. The number of hydrogen-bond acceptors (Lipinski definition) is 5. The molecule has 3 aromatic rings. The van der Waals surface area contributed by atoms with Crippen LogP contribution in [0.3, 0.4) is 0 Å². The number of pyridine rings is 1. The molecule has 1 aromatic carbocycles. The predicted octanol–water partition coefficient (Wildman–Crippen LogP) is 5.08. The van der Waals surface area contributed by atoms with Crippen LogP contribution >= 0.6 is 0 Å². The zero-order valence-electron chi connectivity index (χ0n) is 18.8. The molecule has 34 heavy (non-hydrogen) atoms. The molecule has 0 saturated heterocycles. The molecule has 0 atom stereocenters. The first-order valence-electron chi connectivity index (χ1n) is 11.2. The molecule has 180 valence electrons. The summed E-state index contributed by atoms with van der Waals surface area (Å²) in [7, 11) is 2.05. The largest absolute Gasteiger partial charge is 0.408 e. The lowest BCUT2D eigenvalue weighted by Crippen LogP contribution is -2.30. The van der Waals surface area contributed by atoms with Crippen LogP contribution in [0.15, 0.2) is 54.9 Å². The number of rotatable bonds is 8.